The third-order valence-corrected chi connectivity index (χ3v) is 13.4. The average Bonchev–Trinajstić information content (AvgIpc) is 3.93. The Balaban J connectivity index is 1.33. The third-order valence-electron chi connectivity index (χ3n) is 8.49. The minimum absolute atomic E-state index is 0.523. The van der Waals surface area contributed by atoms with Crippen LogP contribution in [0.25, 0.3) is 0 Å². The second kappa shape index (κ2) is 13.0. The molecule has 0 aliphatic carbocycles. The molecule has 7 heteroatoms. The number of nitrogens with zero attached hydrogens (tertiary/aromatic N) is 1. The van der Waals surface area contributed by atoms with Crippen LogP contribution in [-0.2, 0) is 14.5 Å². The van der Waals surface area contributed by atoms with Gasteiger partial charge in [-0.05, 0) is 61.3 Å². The van der Waals surface area contributed by atoms with E-state index < -0.39 is 21.8 Å². The summed E-state index contributed by atoms with van der Waals surface area (Å²) in [5, 5.41) is 7.42. The maximum atomic E-state index is 7.29. The summed E-state index contributed by atoms with van der Waals surface area (Å²) in [7, 11) is -0.234. The summed E-state index contributed by atoms with van der Waals surface area (Å²) in [6.07, 6.45) is 0.523. The van der Waals surface area contributed by atoms with Crippen molar-refractivity contribution in [2.75, 3.05) is 18.6 Å². The molecule has 8 rings (SSSR count). The highest BCUT2D eigenvalue weighted by Gasteiger charge is 2.50. The highest BCUT2D eigenvalue weighted by molar-refractivity contribution is 7.80. The first-order valence-corrected chi connectivity index (χ1v) is 18.4. The fourth-order valence-corrected chi connectivity index (χ4v) is 11.0. The average molecular weight is 654 g/mol. The van der Waals surface area contributed by atoms with E-state index in [0.29, 0.717) is 13.0 Å². The lowest BCUT2D eigenvalue weighted by Gasteiger charge is -2.37. The molecule has 47 heavy (non-hydrogen) atoms. The molecule has 2 aliphatic rings. The van der Waals surface area contributed by atoms with Gasteiger partial charge < -0.3 is 14.4 Å². The van der Waals surface area contributed by atoms with Crippen molar-refractivity contribution in [1.29, 1.82) is 0 Å². The van der Waals surface area contributed by atoms with Crippen LogP contribution in [-0.4, -0.2) is 19.6 Å². The first kappa shape index (κ1) is 30.0. The second-order valence-electron chi connectivity index (χ2n) is 11.3. The molecular formula is C40H33NO4P2. The first-order valence-electron chi connectivity index (χ1n) is 15.7. The fourth-order valence-electron chi connectivity index (χ4n) is 6.20. The van der Waals surface area contributed by atoms with Gasteiger partial charge in [-0.25, -0.2) is 0 Å². The maximum absolute atomic E-state index is 7.29. The number of ether oxygens (including phenoxy) is 2. The highest BCUT2D eigenvalue weighted by atomic mass is 31.1. The van der Waals surface area contributed by atoms with Crippen molar-refractivity contribution in [3.8, 4) is 11.5 Å². The number of rotatable bonds is 10. The van der Waals surface area contributed by atoms with Gasteiger partial charge >= 0.3 is 5.97 Å². The molecular weight excluding hydrogens is 620 g/mol. The summed E-state index contributed by atoms with van der Waals surface area (Å²) in [5.74, 6) is 0.743. The summed E-state index contributed by atoms with van der Waals surface area (Å²) in [6, 6.07) is 56.2. The maximum Gasteiger partial charge on any atom is 0.341 e. The minimum Gasteiger partial charge on any atom is -0.452 e. The molecule has 0 saturated carbocycles. The zero-order chi connectivity index (χ0) is 31.6. The Kier molecular flexibility index (Phi) is 8.33. The Morgan fingerprint density at radius 2 is 0.894 bits per heavy atom. The standard InChI is InChI=1S/C40H33NO4P2/c1-42-40(44-45-40)28-29-41-34-24-14-26-36(46(30-16-6-2-7-17-30)31-18-8-3-9-19-31)38(34)43-39-35(41)25-15-27-37(39)47(32-20-10-4-11-21-32)33-22-12-5-13-23-33/h2-27H,28-29H2,1H3. The van der Waals surface area contributed by atoms with Gasteiger partial charge in [-0.2, -0.15) is 9.78 Å². The second-order valence-corrected chi connectivity index (χ2v) is 15.7. The third kappa shape index (κ3) is 5.87. The van der Waals surface area contributed by atoms with E-state index in [-0.39, 0.29) is 0 Å². The van der Waals surface area contributed by atoms with Crippen molar-refractivity contribution >= 4 is 59.0 Å². The number of fused-ring (bicyclic) bond motifs is 2. The van der Waals surface area contributed by atoms with Crippen molar-refractivity contribution in [3.05, 3.63) is 158 Å². The van der Waals surface area contributed by atoms with E-state index in [4.69, 9.17) is 19.2 Å². The van der Waals surface area contributed by atoms with Crippen molar-refractivity contribution in [2.24, 2.45) is 0 Å². The van der Waals surface area contributed by atoms with Gasteiger partial charge in [-0.1, -0.05) is 133 Å². The Bertz CT molecular complexity index is 1760. The Labute approximate surface area is 277 Å². The largest absolute Gasteiger partial charge is 0.452 e. The molecule has 0 atom stereocenters. The van der Waals surface area contributed by atoms with Crippen LogP contribution in [0.1, 0.15) is 6.42 Å². The van der Waals surface area contributed by atoms with Gasteiger partial charge in [0.25, 0.3) is 0 Å². The Morgan fingerprint density at radius 3 is 1.23 bits per heavy atom. The summed E-state index contributed by atoms with van der Waals surface area (Å²) in [6.45, 7) is 0.604. The first-order chi connectivity index (χ1) is 23.2. The van der Waals surface area contributed by atoms with Crippen LogP contribution in [0.2, 0.25) is 0 Å². The van der Waals surface area contributed by atoms with Crippen molar-refractivity contribution < 1.29 is 19.2 Å². The number of para-hydroxylation sites is 2. The van der Waals surface area contributed by atoms with Crippen LogP contribution in [0.15, 0.2) is 158 Å². The monoisotopic (exact) mass is 653 g/mol. The molecule has 1 fully saturated rings. The number of hydrogen-bond acceptors (Lipinski definition) is 5. The molecule has 0 amide bonds. The molecule has 2 aliphatic heterocycles. The van der Waals surface area contributed by atoms with Gasteiger partial charge in [0.15, 0.2) is 11.5 Å². The molecule has 2 heterocycles. The van der Waals surface area contributed by atoms with Crippen LogP contribution >= 0.6 is 15.8 Å². The van der Waals surface area contributed by atoms with Crippen LogP contribution in [0.5, 0.6) is 11.5 Å². The molecule has 0 unspecified atom stereocenters. The smallest absolute Gasteiger partial charge is 0.341 e. The summed E-state index contributed by atoms with van der Waals surface area (Å²) < 4.78 is 12.9. The number of benzene rings is 6. The molecule has 0 bridgehead atoms. The van der Waals surface area contributed by atoms with Crippen LogP contribution in [0.4, 0.5) is 11.4 Å². The van der Waals surface area contributed by atoms with Gasteiger partial charge in [0, 0.05) is 24.3 Å². The normalized spacial score (nSPS) is 14.4. The zero-order valence-corrected chi connectivity index (χ0v) is 27.7. The van der Waals surface area contributed by atoms with Crippen molar-refractivity contribution in [2.45, 2.75) is 12.4 Å². The van der Waals surface area contributed by atoms with E-state index in [1.807, 2.05) is 0 Å². The van der Waals surface area contributed by atoms with Crippen LogP contribution in [0.3, 0.4) is 0 Å². The SMILES string of the molecule is COC1(CCN2c3cccc(P(c4ccccc4)c4ccccc4)c3Oc3c2cccc3P(c2ccccc2)c2ccccc2)OO1. The molecule has 5 nitrogen and oxygen atoms in total. The Hall–Kier alpha value is -4.34. The molecule has 1 saturated heterocycles. The number of hydrogen-bond donors (Lipinski definition) is 0. The van der Waals surface area contributed by atoms with Crippen molar-refractivity contribution in [3.63, 3.8) is 0 Å². The van der Waals surface area contributed by atoms with E-state index in [1.165, 1.54) is 31.8 Å². The topological polar surface area (TPSA) is 46.8 Å². The summed E-state index contributed by atoms with van der Waals surface area (Å²) >= 11 is 0. The van der Waals surface area contributed by atoms with Gasteiger partial charge in [-0.3, -0.25) is 0 Å². The fraction of sp³-hybridized carbons (Fsp3) is 0.100. The molecule has 0 N–H and O–H groups in total. The van der Waals surface area contributed by atoms with Gasteiger partial charge in [0.05, 0.1) is 17.8 Å². The van der Waals surface area contributed by atoms with E-state index in [1.54, 1.807) is 7.11 Å². The molecule has 0 spiro atoms. The lowest BCUT2D eigenvalue weighted by atomic mass is 10.1. The van der Waals surface area contributed by atoms with E-state index in [2.05, 4.69) is 163 Å². The summed E-state index contributed by atoms with van der Waals surface area (Å²) in [4.78, 5) is 12.9. The number of anilines is 2. The van der Waals surface area contributed by atoms with E-state index >= 15 is 0 Å². The molecule has 6 aromatic rings. The van der Waals surface area contributed by atoms with E-state index in [0.717, 1.165) is 22.9 Å². The Morgan fingerprint density at radius 1 is 0.511 bits per heavy atom. The van der Waals surface area contributed by atoms with Crippen molar-refractivity contribution in [1.82, 2.24) is 0 Å². The predicted octanol–water partition coefficient (Wildman–Crippen LogP) is 7.10. The summed E-state index contributed by atoms with van der Waals surface area (Å²) in [5.41, 5.74) is 2.03. The quantitative estimate of drug-likeness (QED) is 0.0898. The van der Waals surface area contributed by atoms with Crippen LogP contribution < -0.4 is 41.5 Å². The molecule has 0 radical (unpaired) electrons. The molecule has 6 aromatic carbocycles. The minimum atomic E-state index is -1.02. The van der Waals surface area contributed by atoms with Crippen LogP contribution in [0, 0.1) is 0 Å². The van der Waals surface area contributed by atoms with Gasteiger partial charge in [-0.15, -0.1) is 0 Å². The number of methoxy groups -OCH3 is 1. The highest BCUT2D eigenvalue weighted by Crippen LogP contribution is 2.52. The zero-order valence-electron chi connectivity index (χ0n) is 25.9. The molecule has 232 valence electrons. The lowest BCUT2D eigenvalue weighted by molar-refractivity contribution is -0.0242. The molecule has 0 aromatic heterocycles. The predicted molar refractivity (Wildman–Crippen MR) is 194 cm³/mol. The lowest BCUT2D eigenvalue weighted by Crippen LogP contribution is -2.32. The van der Waals surface area contributed by atoms with Gasteiger partial charge in [0.2, 0.25) is 0 Å². The van der Waals surface area contributed by atoms with Gasteiger partial charge in [0.1, 0.15) is 0 Å². The van der Waals surface area contributed by atoms with E-state index in [9.17, 15) is 0 Å².